The van der Waals surface area contributed by atoms with Crippen molar-refractivity contribution >= 4 is 43.8 Å². The highest BCUT2D eigenvalue weighted by atomic mass is 32.2. The zero-order valence-corrected chi connectivity index (χ0v) is 27.2. The van der Waals surface area contributed by atoms with Crippen molar-refractivity contribution in [2.45, 2.75) is 13.0 Å². The first-order chi connectivity index (χ1) is 23.0. The molecular formula is C35H31N9O3S. The van der Waals surface area contributed by atoms with Crippen LogP contribution in [0.3, 0.4) is 0 Å². The number of aromatic nitrogens is 6. The van der Waals surface area contributed by atoms with Crippen LogP contribution in [0.1, 0.15) is 40.3 Å². The Morgan fingerprint density at radius 3 is 2.56 bits per heavy atom. The number of nitrogens with zero attached hydrogens (tertiary/aromatic N) is 6. The van der Waals surface area contributed by atoms with Gasteiger partial charge in [-0.3, -0.25) is 23.8 Å². The Hall–Kier alpha value is -6.26. The highest BCUT2D eigenvalue weighted by Crippen LogP contribution is 2.25. The van der Waals surface area contributed by atoms with Crippen LogP contribution in [0.15, 0.2) is 96.4 Å². The maximum Gasteiger partial charge on any atom is 0.274 e. The number of carbonyl (C=O) groups excluding carboxylic acids is 1. The van der Waals surface area contributed by atoms with Crippen LogP contribution >= 0.6 is 0 Å². The molecule has 6 aromatic rings. The van der Waals surface area contributed by atoms with Crippen molar-refractivity contribution in [3.8, 4) is 28.8 Å². The number of hydrogen-bond donors (Lipinski definition) is 3. The van der Waals surface area contributed by atoms with Crippen molar-refractivity contribution in [3.05, 3.63) is 125 Å². The largest absolute Gasteiger partial charge is 0.382 e. The molecule has 4 N–H and O–H groups in total. The SMILES string of the molecule is C=S(C)(=O)Nc1cncc(-c2cnc(N)c(C(=O)NC(C)c3cc4cccc(C#Cc5cnn(C)c5)c4c(=O)n3-c3ccccc3)n2)c1. The fraction of sp³-hybridized carbons (Fsp3) is 0.114. The molecular weight excluding hydrogens is 627 g/mol. The monoisotopic (exact) mass is 657 g/mol. The molecule has 4 aromatic heterocycles. The Morgan fingerprint density at radius 1 is 1.04 bits per heavy atom. The van der Waals surface area contributed by atoms with Gasteiger partial charge in [-0.15, -0.1) is 0 Å². The summed E-state index contributed by atoms with van der Waals surface area (Å²) in [6.07, 6.45) is 9.40. The summed E-state index contributed by atoms with van der Waals surface area (Å²) in [6.45, 7) is 1.78. The molecule has 4 heterocycles. The molecule has 0 bridgehead atoms. The molecule has 0 aliphatic carbocycles. The third kappa shape index (κ3) is 6.79. The highest BCUT2D eigenvalue weighted by Gasteiger charge is 2.22. The second kappa shape index (κ2) is 12.9. The number of para-hydroxylation sites is 1. The maximum atomic E-state index is 14.3. The van der Waals surface area contributed by atoms with E-state index < -0.39 is 21.7 Å². The standard InChI is InChI=1S/C35H31N9O3S/c1-22(40-34(45)32-33(36)38-20-29(41-32)26-15-27(19-37-18-26)42-48(3,4)47)30-16-25-10-8-9-24(14-13-23-17-39-43(2)21-23)31(25)35(46)44(30)28-11-6-5-7-12-28/h5-12,15-22H,3H2,1-2,4H3,(H2,36,38)(H,40,45)(H,42,47). The lowest BCUT2D eigenvalue weighted by Gasteiger charge is -2.21. The third-order valence-electron chi connectivity index (χ3n) is 7.31. The summed E-state index contributed by atoms with van der Waals surface area (Å²) in [5.41, 5.74) is 9.50. The second-order valence-corrected chi connectivity index (χ2v) is 13.4. The summed E-state index contributed by atoms with van der Waals surface area (Å²) in [5, 5.41) is 8.23. The molecule has 240 valence electrons. The highest BCUT2D eigenvalue weighted by molar-refractivity contribution is 8.00. The van der Waals surface area contributed by atoms with Gasteiger partial charge in [-0.1, -0.05) is 42.2 Å². The van der Waals surface area contributed by atoms with Crippen molar-refractivity contribution in [2.24, 2.45) is 7.05 Å². The van der Waals surface area contributed by atoms with Gasteiger partial charge < -0.3 is 15.8 Å². The molecule has 6 rings (SSSR count). The number of carbonyl (C=O) groups is 1. The lowest BCUT2D eigenvalue weighted by Crippen LogP contribution is -2.33. The average molecular weight is 658 g/mol. The van der Waals surface area contributed by atoms with Crippen molar-refractivity contribution in [1.82, 2.24) is 34.6 Å². The van der Waals surface area contributed by atoms with Gasteiger partial charge in [0.2, 0.25) is 0 Å². The molecule has 0 radical (unpaired) electrons. The molecule has 0 aliphatic heterocycles. The van der Waals surface area contributed by atoms with Gasteiger partial charge in [-0.05, 0) is 48.5 Å². The lowest BCUT2D eigenvalue weighted by molar-refractivity contribution is 0.0934. The van der Waals surface area contributed by atoms with Crippen molar-refractivity contribution in [1.29, 1.82) is 0 Å². The number of amides is 1. The van der Waals surface area contributed by atoms with E-state index in [1.807, 2.05) is 61.6 Å². The Morgan fingerprint density at radius 2 is 1.83 bits per heavy atom. The number of nitrogens with two attached hydrogens (primary N) is 1. The van der Waals surface area contributed by atoms with Crippen LogP contribution in [0.25, 0.3) is 27.7 Å². The lowest BCUT2D eigenvalue weighted by atomic mass is 10.0. The van der Waals surface area contributed by atoms with E-state index in [0.29, 0.717) is 44.7 Å². The number of anilines is 2. The Bertz CT molecular complexity index is 2430. The van der Waals surface area contributed by atoms with E-state index in [4.69, 9.17) is 5.73 Å². The van der Waals surface area contributed by atoms with Gasteiger partial charge in [0.25, 0.3) is 11.5 Å². The summed E-state index contributed by atoms with van der Waals surface area (Å²) < 4.78 is 18.2. The summed E-state index contributed by atoms with van der Waals surface area (Å²) in [6, 6.07) is 17.5. The van der Waals surface area contributed by atoms with Gasteiger partial charge in [-0.25, -0.2) is 14.2 Å². The molecule has 2 unspecified atom stereocenters. The van der Waals surface area contributed by atoms with E-state index in [0.717, 1.165) is 5.56 Å². The molecule has 13 heteroatoms. The minimum atomic E-state index is -2.55. The Labute approximate surface area is 276 Å². The molecule has 1 amide bonds. The summed E-state index contributed by atoms with van der Waals surface area (Å²) in [5.74, 6) is 9.17. The quantitative estimate of drug-likeness (QED) is 0.173. The van der Waals surface area contributed by atoms with Crippen molar-refractivity contribution in [3.63, 3.8) is 0 Å². The van der Waals surface area contributed by atoms with Crippen LogP contribution in [0.2, 0.25) is 0 Å². The average Bonchev–Trinajstić information content (AvgIpc) is 3.48. The molecule has 2 aromatic carbocycles. The van der Waals surface area contributed by atoms with E-state index >= 15 is 0 Å². The van der Waals surface area contributed by atoms with Gasteiger partial charge in [0.1, 0.15) is 0 Å². The minimum absolute atomic E-state index is 0.0733. The molecule has 0 spiro atoms. The van der Waals surface area contributed by atoms with Crippen LogP contribution < -0.4 is 21.3 Å². The minimum Gasteiger partial charge on any atom is -0.382 e. The fourth-order valence-corrected chi connectivity index (χ4v) is 5.81. The molecule has 2 atom stereocenters. The normalized spacial score (nSPS) is 12.8. The number of nitrogens with one attached hydrogen (secondary N) is 2. The van der Waals surface area contributed by atoms with Gasteiger partial charge in [0.05, 0.1) is 47.0 Å². The predicted octanol–water partition coefficient (Wildman–Crippen LogP) is 3.72. The van der Waals surface area contributed by atoms with Crippen LogP contribution in [-0.2, 0) is 16.8 Å². The maximum absolute atomic E-state index is 14.3. The number of benzene rings is 2. The summed E-state index contributed by atoms with van der Waals surface area (Å²) in [7, 11) is -0.734. The molecule has 0 saturated carbocycles. The first-order valence-corrected chi connectivity index (χ1v) is 16.8. The van der Waals surface area contributed by atoms with Crippen molar-refractivity contribution in [2.75, 3.05) is 16.7 Å². The Balaban J connectivity index is 1.38. The molecule has 0 saturated heterocycles. The van der Waals surface area contributed by atoms with Crippen LogP contribution in [0, 0.1) is 11.8 Å². The summed E-state index contributed by atoms with van der Waals surface area (Å²) >= 11 is 0. The molecule has 12 nitrogen and oxygen atoms in total. The van der Waals surface area contributed by atoms with Gasteiger partial charge in [0, 0.05) is 57.9 Å². The number of rotatable bonds is 7. The van der Waals surface area contributed by atoms with Gasteiger partial charge in [-0.2, -0.15) is 5.10 Å². The van der Waals surface area contributed by atoms with E-state index in [1.165, 1.54) is 18.6 Å². The van der Waals surface area contributed by atoms with Crippen LogP contribution in [0.5, 0.6) is 0 Å². The van der Waals surface area contributed by atoms with Crippen LogP contribution in [0.4, 0.5) is 11.5 Å². The van der Waals surface area contributed by atoms with E-state index in [2.05, 4.69) is 47.8 Å². The van der Waals surface area contributed by atoms with Crippen LogP contribution in [-0.4, -0.2) is 51.5 Å². The predicted molar refractivity (Wildman–Crippen MR) is 189 cm³/mol. The van der Waals surface area contributed by atoms with Crippen molar-refractivity contribution < 1.29 is 9.00 Å². The van der Waals surface area contributed by atoms with Gasteiger partial charge in [0.15, 0.2) is 11.5 Å². The number of pyridine rings is 2. The van der Waals surface area contributed by atoms with Gasteiger partial charge >= 0.3 is 0 Å². The zero-order chi connectivity index (χ0) is 34.0. The first-order valence-electron chi connectivity index (χ1n) is 14.7. The van der Waals surface area contributed by atoms with E-state index in [9.17, 15) is 13.8 Å². The molecule has 0 aliphatic rings. The van der Waals surface area contributed by atoms with E-state index in [1.54, 1.807) is 40.8 Å². The second-order valence-electron chi connectivity index (χ2n) is 11.2. The third-order valence-corrected chi connectivity index (χ3v) is 7.98. The fourth-order valence-electron chi connectivity index (χ4n) is 5.20. The molecule has 48 heavy (non-hydrogen) atoms. The topological polar surface area (TPSA) is 163 Å². The number of nitrogen functional groups attached to an aromatic ring is 1. The number of fused-ring (bicyclic) bond motifs is 1. The molecule has 0 fully saturated rings. The Kier molecular flexibility index (Phi) is 8.49. The smallest absolute Gasteiger partial charge is 0.274 e. The summed E-state index contributed by atoms with van der Waals surface area (Å²) in [4.78, 5) is 40.8. The number of hydrogen-bond acceptors (Lipinski definition) is 8. The zero-order valence-electron chi connectivity index (χ0n) is 26.3. The first kappa shape index (κ1) is 31.7. The number of aryl methyl sites for hydroxylation is 1. The van der Waals surface area contributed by atoms with E-state index in [-0.39, 0.29) is 17.1 Å².